The standard InChI is InChI=1S/C13H15NO2/c1-3-9(2)14-7-6-10-4-5-11(13(15)16)8-12(10)14/h3-5,8-9H,1,6-7H2,2H3,(H,15,16). The van der Waals surface area contributed by atoms with Crippen molar-refractivity contribution in [2.75, 3.05) is 11.4 Å². The highest BCUT2D eigenvalue weighted by atomic mass is 16.4. The summed E-state index contributed by atoms with van der Waals surface area (Å²) in [6, 6.07) is 5.58. The second-order valence-electron chi connectivity index (χ2n) is 4.07. The number of hydrogen-bond acceptors (Lipinski definition) is 2. The number of rotatable bonds is 3. The zero-order valence-electron chi connectivity index (χ0n) is 9.31. The summed E-state index contributed by atoms with van der Waals surface area (Å²) >= 11 is 0. The van der Waals surface area contributed by atoms with E-state index in [-0.39, 0.29) is 6.04 Å². The van der Waals surface area contributed by atoms with Crippen LogP contribution in [0, 0.1) is 0 Å². The molecule has 3 nitrogen and oxygen atoms in total. The maximum Gasteiger partial charge on any atom is 0.335 e. The molecule has 1 atom stereocenters. The molecule has 2 rings (SSSR count). The molecule has 0 radical (unpaired) electrons. The Kier molecular flexibility index (Phi) is 2.69. The largest absolute Gasteiger partial charge is 0.478 e. The van der Waals surface area contributed by atoms with E-state index in [1.807, 2.05) is 12.1 Å². The van der Waals surface area contributed by atoms with Gasteiger partial charge in [0.05, 0.1) is 5.56 Å². The minimum Gasteiger partial charge on any atom is -0.478 e. The SMILES string of the molecule is C=CC(C)N1CCc2ccc(C(=O)O)cc21. The Balaban J connectivity index is 2.40. The van der Waals surface area contributed by atoms with E-state index < -0.39 is 5.97 Å². The zero-order valence-corrected chi connectivity index (χ0v) is 9.31. The molecule has 1 aromatic carbocycles. The monoisotopic (exact) mass is 217 g/mol. The van der Waals surface area contributed by atoms with Crippen LogP contribution in [0.3, 0.4) is 0 Å². The highest BCUT2D eigenvalue weighted by molar-refractivity contribution is 5.89. The first kappa shape index (κ1) is 10.7. The topological polar surface area (TPSA) is 40.5 Å². The first-order valence-electron chi connectivity index (χ1n) is 5.39. The van der Waals surface area contributed by atoms with E-state index >= 15 is 0 Å². The Labute approximate surface area is 95.0 Å². The van der Waals surface area contributed by atoms with Crippen LogP contribution >= 0.6 is 0 Å². The lowest BCUT2D eigenvalue weighted by Crippen LogP contribution is -2.29. The number of benzene rings is 1. The summed E-state index contributed by atoms with van der Waals surface area (Å²) in [7, 11) is 0. The Morgan fingerprint density at radius 3 is 3.00 bits per heavy atom. The van der Waals surface area contributed by atoms with Crippen LogP contribution < -0.4 is 4.90 Å². The van der Waals surface area contributed by atoms with E-state index in [1.54, 1.807) is 12.1 Å². The van der Waals surface area contributed by atoms with Crippen molar-refractivity contribution >= 4 is 11.7 Å². The van der Waals surface area contributed by atoms with Gasteiger partial charge in [-0.3, -0.25) is 0 Å². The van der Waals surface area contributed by atoms with Crippen molar-refractivity contribution in [3.05, 3.63) is 42.0 Å². The molecule has 0 bridgehead atoms. The Hall–Kier alpha value is -1.77. The molecule has 3 heteroatoms. The molecule has 1 aliphatic heterocycles. The van der Waals surface area contributed by atoms with Crippen LogP contribution in [-0.4, -0.2) is 23.7 Å². The predicted molar refractivity (Wildman–Crippen MR) is 64.1 cm³/mol. The fourth-order valence-electron chi connectivity index (χ4n) is 2.09. The zero-order chi connectivity index (χ0) is 11.7. The van der Waals surface area contributed by atoms with E-state index in [9.17, 15) is 4.79 Å². The van der Waals surface area contributed by atoms with Crippen LogP contribution in [0.25, 0.3) is 0 Å². The van der Waals surface area contributed by atoms with Crippen molar-refractivity contribution in [1.82, 2.24) is 0 Å². The minimum absolute atomic E-state index is 0.241. The Morgan fingerprint density at radius 2 is 2.38 bits per heavy atom. The van der Waals surface area contributed by atoms with Crippen LogP contribution in [0.5, 0.6) is 0 Å². The van der Waals surface area contributed by atoms with Crippen LogP contribution in [0.4, 0.5) is 5.69 Å². The summed E-state index contributed by atoms with van der Waals surface area (Å²) in [5.41, 5.74) is 2.60. The van der Waals surface area contributed by atoms with Crippen molar-refractivity contribution in [2.24, 2.45) is 0 Å². The van der Waals surface area contributed by atoms with Gasteiger partial charge < -0.3 is 10.0 Å². The van der Waals surface area contributed by atoms with Crippen LogP contribution in [0.2, 0.25) is 0 Å². The van der Waals surface area contributed by atoms with Gasteiger partial charge in [0.25, 0.3) is 0 Å². The molecule has 0 fully saturated rings. The van der Waals surface area contributed by atoms with Crippen LogP contribution in [0.15, 0.2) is 30.9 Å². The smallest absolute Gasteiger partial charge is 0.335 e. The highest BCUT2D eigenvalue weighted by Gasteiger charge is 2.22. The summed E-state index contributed by atoms with van der Waals surface area (Å²) in [5, 5.41) is 8.96. The highest BCUT2D eigenvalue weighted by Crippen LogP contribution is 2.30. The average Bonchev–Trinajstić information content (AvgIpc) is 2.70. The molecule has 0 spiro atoms. The number of carboxylic acid groups (broad SMARTS) is 1. The van der Waals surface area contributed by atoms with Gasteiger partial charge in [-0.15, -0.1) is 6.58 Å². The van der Waals surface area contributed by atoms with Crippen molar-refractivity contribution in [3.8, 4) is 0 Å². The normalized spacial score (nSPS) is 15.7. The molecule has 1 unspecified atom stereocenters. The average molecular weight is 217 g/mol. The van der Waals surface area contributed by atoms with Gasteiger partial charge in [-0.1, -0.05) is 12.1 Å². The molecule has 0 saturated carbocycles. The number of fused-ring (bicyclic) bond motifs is 1. The lowest BCUT2D eigenvalue weighted by Gasteiger charge is -2.24. The van der Waals surface area contributed by atoms with Gasteiger partial charge in [0.15, 0.2) is 0 Å². The number of nitrogens with zero attached hydrogens (tertiary/aromatic N) is 1. The van der Waals surface area contributed by atoms with E-state index in [1.165, 1.54) is 5.56 Å². The number of anilines is 1. The van der Waals surface area contributed by atoms with Gasteiger partial charge in [0.2, 0.25) is 0 Å². The second kappa shape index (κ2) is 4.00. The van der Waals surface area contributed by atoms with Gasteiger partial charge in [0, 0.05) is 18.3 Å². The van der Waals surface area contributed by atoms with Gasteiger partial charge in [-0.25, -0.2) is 4.79 Å². The third-order valence-electron chi connectivity index (χ3n) is 3.10. The Bertz CT molecular complexity index is 440. The third kappa shape index (κ3) is 1.69. The van der Waals surface area contributed by atoms with Crippen molar-refractivity contribution in [3.63, 3.8) is 0 Å². The summed E-state index contributed by atoms with van der Waals surface area (Å²) in [6.07, 6.45) is 2.86. The molecule has 0 amide bonds. The fraction of sp³-hybridized carbons (Fsp3) is 0.308. The van der Waals surface area contributed by atoms with Crippen molar-refractivity contribution < 1.29 is 9.90 Å². The maximum absolute atomic E-state index is 10.9. The summed E-state index contributed by atoms with van der Waals surface area (Å²) in [4.78, 5) is 13.1. The molecule has 0 aromatic heterocycles. The van der Waals surface area contributed by atoms with Gasteiger partial charge in [-0.2, -0.15) is 0 Å². The maximum atomic E-state index is 10.9. The molecule has 1 N–H and O–H groups in total. The number of carboxylic acids is 1. The molecular weight excluding hydrogens is 202 g/mol. The predicted octanol–water partition coefficient (Wildman–Crippen LogP) is 2.32. The first-order chi connectivity index (χ1) is 7.63. The third-order valence-corrected chi connectivity index (χ3v) is 3.10. The second-order valence-corrected chi connectivity index (χ2v) is 4.07. The van der Waals surface area contributed by atoms with Gasteiger partial charge in [-0.05, 0) is 31.0 Å². The molecule has 16 heavy (non-hydrogen) atoms. The van der Waals surface area contributed by atoms with Crippen molar-refractivity contribution in [1.29, 1.82) is 0 Å². The van der Waals surface area contributed by atoms with E-state index in [0.29, 0.717) is 5.56 Å². The first-order valence-corrected chi connectivity index (χ1v) is 5.39. The van der Waals surface area contributed by atoms with E-state index in [0.717, 1.165) is 18.7 Å². The molecule has 1 aromatic rings. The molecule has 0 aliphatic carbocycles. The van der Waals surface area contributed by atoms with Crippen molar-refractivity contribution in [2.45, 2.75) is 19.4 Å². The van der Waals surface area contributed by atoms with Gasteiger partial charge >= 0.3 is 5.97 Å². The minimum atomic E-state index is -0.874. The van der Waals surface area contributed by atoms with Crippen LogP contribution in [-0.2, 0) is 6.42 Å². The molecular formula is C13H15NO2. The van der Waals surface area contributed by atoms with Gasteiger partial charge in [0.1, 0.15) is 0 Å². The Morgan fingerprint density at radius 1 is 1.62 bits per heavy atom. The van der Waals surface area contributed by atoms with E-state index in [4.69, 9.17) is 5.11 Å². The molecule has 1 aliphatic rings. The molecule has 0 saturated heterocycles. The summed E-state index contributed by atoms with van der Waals surface area (Å²) in [6.45, 7) is 6.78. The summed E-state index contributed by atoms with van der Waals surface area (Å²) < 4.78 is 0. The fourth-order valence-corrected chi connectivity index (χ4v) is 2.09. The summed E-state index contributed by atoms with van der Waals surface area (Å²) in [5.74, 6) is -0.874. The lowest BCUT2D eigenvalue weighted by atomic mass is 10.1. The lowest BCUT2D eigenvalue weighted by molar-refractivity contribution is 0.0697. The van der Waals surface area contributed by atoms with E-state index in [2.05, 4.69) is 18.4 Å². The molecule has 84 valence electrons. The molecule has 1 heterocycles. The number of aromatic carboxylic acids is 1. The quantitative estimate of drug-likeness (QED) is 0.790. The number of hydrogen-bond donors (Lipinski definition) is 1. The van der Waals surface area contributed by atoms with Crippen LogP contribution in [0.1, 0.15) is 22.8 Å². The number of carbonyl (C=O) groups is 1.